The number of piperazine rings is 1. The molecule has 0 radical (unpaired) electrons. The van der Waals surface area contributed by atoms with Gasteiger partial charge in [-0.2, -0.15) is 0 Å². The van der Waals surface area contributed by atoms with Gasteiger partial charge in [0.2, 0.25) is 47.8 Å². The molecule has 4 aliphatic rings. The zero-order valence-corrected chi connectivity index (χ0v) is 74.4. The van der Waals surface area contributed by atoms with Crippen LogP contribution in [0.1, 0.15) is 106 Å². The quantitative estimate of drug-likeness (QED) is 0.0175. The van der Waals surface area contributed by atoms with Crippen molar-refractivity contribution < 1.29 is 72.9 Å². The summed E-state index contributed by atoms with van der Waals surface area (Å²) in [6, 6.07) is 30.8. The van der Waals surface area contributed by atoms with Crippen LogP contribution in [0.15, 0.2) is 124 Å². The number of nitrogens with zero attached hydrogens (tertiary/aromatic N) is 5. The Kier molecular flexibility index (Phi) is 37.0. The predicted molar refractivity (Wildman–Crippen MR) is 461 cm³/mol. The summed E-state index contributed by atoms with van der Waals surface area (Å²) >= 11 is 39.0. The Morgan fingerprint density at radius 1 is 0.378 bits per heavy atom. The molecule has 37 heteroatoms. The van der Waals surface area contributed by atoms with Gasteiger partial charge >= 0.3 is 6.03 Å². The van der Waals surface area contributed by atoms with Crippen LogP contribution < -0.4 is 35.4 Å². The van der Waals surface area contributed by atoms with Crippen molar-refractivity contribution in [1.82, 2.24) is 59.9 Å². The second kappa shape index (κ2) is 46.2. The van der Waals surface area contributed by atoms with Gasteiger partial charge in [-0.15, -0.1) is 0 Å². The van der Waals surface area contributed by atoms with Gasteiger partial charge in [-0.25, -0.2) is 44.2 Å². The molecule has 0 bridgehead atoms. The molecule has 4 heterocycles. The van der Waals surface area contributed by atoms with Crippen LogP contribution in [-0.4, -0.2) is 272 Å². The number of urea groups is 1. The topological polar surface area (TPSA) is 326 Å². The lowest BCUT2D eigenvalue weighted by Crippen LogP contribution is -2.57. The predicted octanol–water partition coefficient (Wildman–Crippen LogP) is 9.06. The van der Waals surface area contributed by atoms with Crippen LogP contribution in [0.2, 0.25) is 30.1 Å². The number of fused-ring (bicyclic) bond motifs is 3. The van der Waals surface area contributed by atoms with Gasteiger partial charge in [-0.1, -0.05) is 106 Å². The number of benzene rings is 6. The summed E-state index contributed by atoms with van der Waals surface area (Å²) in [5, 5.41) is 15.0. The molecular formula is C82H108Cl6N12O16S3. The highest BCUT2D eigenvalue weighted by atomic mass is 35.5. The SMILES string of the molecule is CN1CCN(C(=O)NC(CCC(=O)NCCOCCOCCNS(=O)(=O)c2cccc([C@H]3CN(C)Cc4c(Cl)cc(Cl)cc43)c2)(CCC(=O)NCCOCCOCCNS(=O)(=O)c2cccc([C@@H]3CN(C)Cc4c(Cl)cc(Cl)cc43)c2)CCC(=O)NCCOCCOCCNS(=O)(=O)c2cccc([C@@H]3CN(C)Cc4c(Cl)cc(Cl)cc43)c2)CC1. The van der Waals surface area contributed by atoms with E-state index >= 15 is 0 Å². The molecule has 652 valence electrons. The van der Waals surface area contributed by atoms with Crippen molar-refractivity contribution in [1.29, 1.82) is 0 Å². The Labute approximate surface area is 729 Å². The van der Waals surface area contributed by atoms with E-state index in [0.717, 1.165) is 50.1 Å². The Morgan fingerprint density at radius 3 is 0.958 bits per heavy atom. The summed E-state index contributed by atoms with van der Waals surface area (Å²) in [4.78, 5) is 65.9. The molecule has 4 aliphatic heterocycles. The summed E-state index contributed by atoms with van der Waals surface area (Å²) in [6.07, 6.45) is -0.142. The summed E-state index contributed by atoms with van der Waals surface area (Å²) < 4.78 is 123. The first-order valence-electron chi connectivity index (χ1n) is 39.8. The molecule has 0 saturated carbocycles. The highest BCUT2D eigenvalue weighted by molar-refractivity contribution is 7.90. The third-order valence-electron chi connectivity index (χ3n) is 21.3. The van der Waals surface area contributed by atoms with Crippen LogP contribution >= 0.6 is 69.6 Å². The van der Waals surface area contributed by atoms with E-state index in [9.17, 15) is 44.4 Å². The van der Waals surface area contributed by atoms with E-state index in [1.54, 1.807) is 59.5 Å². The van der Waals surface area contributed by atoms with Crippen molar-refractivity contribution in [3.8, 4) is 0 Å². The van der Waals surface area contributed by atoms with Gasteiger partial charge in [-0.05, 0) is 170 Å². The fourth-order valence-electron chi connectivity index (χ4n) is 15.0. The minimum absolute atomic E-state index is 0.000232. The molecule has 0 unspecified atom stereocenters. The normalized spacial score (nSPS) is 17.0. The van der Waals surface area contributed by atoms with Crippen LogP contribution in [0.25, 0.3) is 0 Å². The molecule has 0 spiro atoms. The van der Waals surface area contributed by atoms with Crippen LogP contribution in [-0.2, 0) is 92.5 Å². The van der Waals surface area contributed by atoms with E-state index in [2.05, 4.69) is 55.0 Å². The maximum atomic E-state index is 14.3. The molecule has 1 fully saturated rings. The first-order chi connectivity index (χ1) is 56.9. The number of halogens is 6. The largest absolute Gasteiger partial charge is 0.378 e. The fourth-order valence-corrected chi connectivity index (χ4v) is 19.9. The average molecular weight is 1830 g/mol. The number of hydrogen-bond acceptors (Lipinski definition) is 20. The number of amides is 5. The Morgan fingerprint density at radius 2 is 0.664 bits per heavy atom. The van der Waals surface area contributed by atoms with Crippen LogP contribution in [0, 0.1) is 0 Å². The Hall–Kier alpha value is -5.93. The van der Waals surface area contributed by atoms with Crippen molar-refractivity contribution in [3.05, 3.63) is 189 Å². The monoisotopic (exact) mass is 1820 g/mol. The summed E-state index contributed by atoms with van der Waals surface area (Å²) in [5.41, 5.74) is 6.93. The second-order valence-corrected chi connectivity index (χ2v) is 38.1. The number of rotatable bonds is 46. The molecule has 10 rings (SSSR count). The minimum Gasteiger partial charge on any atom is -0.378 e. The first-order valence-corrected chi connectivity index (χ1v) is 46.5. The maximum Gasteiger partial charge on any atom is 0.317 e. The highest BCUT2D eigenvalue weighted by Gasteiger charge is 2.37. The number of sulfonamides is 3. The number of nitrogens with one attached hydrogen (secondary N) is 7. The number of carbonyl (C=O) groups is 4. The van der Waals surface area contributed by atoms with E-state index in [1.165, 1.54) is 18.2 Å². The molecule has 6 aromatic rings. The molecule has 5 amide bonds. The van der Waals surface area contributed by atoms with Crippen LogP contribution in [0.3, 0.4) is 0 Å². The number of likely N-dealkylation sites (N-methyl/N-ethyl adjacent to an activating group) is 4. The second-order valence-electron chi connectivity index (χ2n) is 30.2. The van der Waals surface area contributed by atoms with Crippen LogP contribution in [0.4, 0.5) is 4.79 Å². The Bertz CT molecular complexity index is 4350. The zero-order chi connectivity index (χ0) is 85.3. The maximum absolute atomic E-state index is 14.3. The van der Waals surface area contributed by atoms with E-state index in [1.807, 2.05) is 64.6 Å². The molecule has 119 heavy (non-hydrogen) atoms. The van der Waals surface area contributed by atoms with Gasteiger partial charge in [-0.3, -0.25) is 14.4 Å². The smallest absolute Gasteiger partial charge is 0.317 e. The third-order valence-corrected chi connectivity index (χ3v) is 27.3. The van der Waals surface area contributed by atoms with Gasteiger partial charge in [0.1, 0.15) is 0 Å². The summed E-state index contributed by atoms with van der Waals surface area (Å²) in [6.45, 7) is 7.70. The minimum atomic E-state index is -3.91. The highest BCUT2D eigenvalue weighted by Crippen LogP contribution is 2.43. The molecular weight excluding hydrogens is 1720 g/mol. The van der Waals surface area contributed by atoms with Gasteiger partial charge in [0, 0.05) is 177 Å². The van der Waals surface area contributed by atoms with Crippen molar-refractivity contribution in [2.75, 3.05) is 193 Å². The number of hydrogen-bond donors (Lipinski definition) is 7. The van der Waals surface area contributed by atoms with E-state index < -0.39 is 41.6 Å². The van der Waals surface area contributed by atoms with Crippen LogP contribution in [0.5, 0.6) is 0 Å². The standard InChI is InChI=1S/C82H108Cl6N12O16S3/c1-96-26-28-100(29-27-96)81(104)95-82(17-14-78(101)89-20-30-111-36-39-114-33-23-92-117(105,106)63-11-5-8-57(42-63)69-51-97(2)54-72-66(69)45-60(83)48-75(72)86,18-15-79(102)90-21-31-112-37-40-115-34-24-93-118(107,108)64-12-6-9-58(43-64)70-52-98(3)55-73-67(70)46-61(84)49-76(73)87)19-16-80(103)91-22-32-113-38-41-116-35-25-94-119(109,110)65-13-7-10-59(44-65)71-53-99(4)56-74-68(71)47-62(85)50-77(74)88/h5-13,42-50,69-71,92-94H,14-41,51-56H2,1-4H3,(H,89,101)(H,90,102)(H,91,103)(H,95,104)/t69-,70-,71+/m0/s1. The van der Waals surface area contributed by atoms with Crippen molar-refractivity contribution in [2.24, 2.45) is 0 Å². The molecule has 0 aromatic heterocycles. The average Bonchev–Trinajstić information content (AvgIpc) is 0.779. The van der Waals surface area contributed by atoms with E-state index in [0.29, 0.717) is 95.6 Å². The fraction of sp³-hybridized carbons (Fsp3) is 0.512. The zero-order valence-electron chi connectivity index (χ0n) is 67.4. The lowest BCUT2D eigenvalue weighted by atomic mass is 9.83. The van der Waals surface area contributed by atoms with Gasteiger partial charge in [0.15, 0.2) is 0 Å². The van der Waals surface area contributed by atoms with Crippen molar-refractivity contribution >= 4 is 123 Å². The summed E-state index contributed by atoms with van der Waals surface area (Å²) in [7, 11) is -3.81. The van der Waals surface area contributed by atoms with E-state index in [-0.39, 0.29) is 207 Å². The molecule has 1 saturated heterocycles. The molecule has 0 aliphatic carbocycles. The lowest BCUT2D eigenvalue weighted by molar-refractivity contribution is -0.121. The molecule has 3 atom stereocenters. The van der Waals surface area contributed by atoms with Gasteiger partial charge in [0.25, 0.3) is 0 Å². The van der Waals surface area contributed by atoms with Crippen molar-refractivity contribution in [2.45, 2.75) is 96.1 Å². The molecule has 28 nitrogen and oxygen atoms in total. The lowest BCUT2D eigenvalue weighted by Gasteiger charge is -2.39. The summed E-state index contributed by atoms with van der Waals surface area (Å²) in [5.74, 6) is -1.56. The van der Waals surface area contributed by atoms with Crippen molar-refractivity contribution in [3.63, 3.8) is 0 Å². The molecule has 6 aromatic carbocycles. The molecule has 7 N–H and O–H groups in total. The Balaban J connectivity index is 0.663. The number of carbonyl (C=O) groups excluding carboxylic acids is 4. The van der Waals surface area contributed by atoms with Gasteiger partial charge < -0.3 is 74.2 Å². The van der Waals surface area contributed by atoms with E-state index in [4.69, 9.17) is 98.0 Å². The van der Waals surface area contributed by atoms with Gasteiger partial charge in [0.05, 0.1) is 94.0 Å². The number of ether oxygens (including phenoxy) is 6. The third kappa shape index (κ3) is 28.8. The first kappa shape index (κ1) is 95.3.